The van der Waals surface area contributed by atoms with Crippen LogP contribution in [0.15, 0.2) is 193 Å². The molecule has 13 heterocycles. The Morgan fingerprint density at radius 3 is 1.27 bits per heavy atom. The highest BCUT2D eigenvalue weighted by Gasteiger charge is 2.62. The number of aromatic nitrogens is 3. The van der Waals surface area contributed by atoms with Gasteiger partial charge in [-0.3, -0.25) is 57.8 Å². The van der Waals surface area contributed by atoms with E-state index in [-0.39, 0.29) is 84.1 Å². The fourth-order valence-corrected chi connectivity index (χ4v) is 21.3. The maximum atomic E-state index is 15.4. The van der Waals surface area contributed by atoms with Gasteiger partial charge in [0.05, 0.1) is 103 Å². The summed E-state index contributed by atoms with van der Waals surface area (Å²) in [7, 11) is 3.45. The Bertz CT molecular complexity index is 6030. The van der Waals surface area contributed by atoms with Crippen LogP contribution in [0.1, 0.15) is 125 Å². The Morgan fingerprint density at radius 2 is 0.839 bits per heavy atom. The van der Waals surface area contributed by atoms with E-state index in [0.717, 1.165) is 101 Å². The minimum absolute atomic E-state index is 0.00718. The van der Waals surface area contributed by atoms with Crippen molar-refractivity contribution in [2.24, 2.45) is 0 Å². The van der Waals surface area contributed by atoms with Gasteiger partial charge in [0.15, 0.2) is 17.1 Å². The number of pyridine rings is 3. The number of carbonyl (C=O) groups excluding carboxylic acids is 6. The van der Waals surface area contributed by atoms with Crippen LogP contribution in [0.2, 0.25) is 0 Å². The van der Waals surface area contributed by atoms with Crippen LogP contribution in [0.5, 0.6) is 17.2 Å². The largest absolute Gasteiger partial charge is 0.510 e. The van der Waals surface area contributed by atoms with Gasteiger partial charge in [-0.05, 0) is 107 Å². The molecule has 6 atom stereocenters. The van der Waals surface area contributed by atoms with Crippen molar-refractivity contribution in [1.29, 1.82) is 0 Å². The van der Waals surface area contributed by atoms with Crippen molar-refractivity contribution in [3.05, 3.63) is 279 Å². The molecule has 21 rings (SSSR count). The Balaban J connectivity index is 0.000000122. The first kappa shape index (κ1) is 81.5. The number of ether oxygens (including phenoxy) is 13. The number of fused-ring (bicyclic) bond motifs is 13. The zero-order valence-electron chi connectivity index (χ0n) is 66.6. The van der Waals surface area contributed by atoms with Crippen LogP contribution in [0, 0.1) is 17.5 Å². The van der Waals surface area contributed by atoms with E-state index in [1.165, 1.54) is 48.8 Å². The van der Waals surface area contributed by atoms with Gasteiger partial charge in [-0.25, -0.2) is 27.6 Å². The molecule has 3 amide bonds. The van der Waals surface area contributed by atoms with Gasteiger partial charge in [0.25, 0.3) is 17.7 Å². The molecule has 124 heavy (non-hydrogen) atoms. The normalized spacial score (nSPS) is 21.7. The van der Waals surface area contributed by atoms with Crippen LogP contribution in [-0.2, 0) is 64.6 Å². The van der Waals surface area contributed by atoms with Gasteiger partial charge in [0, 0.05) is 79.9 Å². The highest BCUT2D eigenvalue weighted by molar-refractivity contribution is 7.99. The minimum Gasteiger partial charge on any atom is -0.451 e. The fraction of sp³-hybridized carbons (Fsp3) is 0.345. The first-order valence-electron chi connectivity index (χ1n) is 39.7. The summed E-state index contributed by atoms with van der Waals surface area (Å²) in [5, 5.41) is 5.95. The number of thioether (sulfide) groups is 3. The van der Waals surface area contributed by atoms with Crippen LogP contribution in [0.3, 0.4) is 0 Å². The Labute approximate surface area is 717 Å². The van der Waals surface area contributed by atoms with E-state index in [9.17, 15) is 47.5 Å². The van der Waals surface area contributed by atoms with Crippen molar-refractivity contribution in [2.45, 2.75) is 111 Å². The van der Waals surface area contributed by atoms with Gasteiger partial charge in [0.2, 0.25) is 53.9 Å². The summed E-state index contributed by atoms with van der Waals surface area (Å²) < 4.78 is 119. The lowest BCUT2D eigenvalue weighted by molar-refractivity contribution is -0.245. The molecule has 3 spiro atoms. The second-order valence-corrected chi connectivity index (χ2v) is 34.2. The lowest BCUT2D eigenvalue weighted by Gasteiger charge is -2.57. The number of morpholine rings is 3. The molecular weight excluding hydrogens is 1680 g/mol. The molecule has 3 aromatic heterocycles. The number of amides is 3. The average molecular weight is 1750 g/mol. The van der Waals surface area contributed by atoms with Gasteiger partial charge in [-0.15, -0.1) is 35.3 Å². The lowest BCUT2D eigenvalue weighted by Crippen LogP contribution is -2.73. The summed E-state index contributed by atoms with van der Waals surface area (Å²) in [4.78, 5) is 125. The average Bonchev–Trinajstić information content (AvgIpc) is 1.50. The Morgan fingerprint density at radius 1 is 0.427 bits per heavy atom. The number of carbonyl (C=O) groups is 6. The maximum absolute atomic E-state index is 15.4. The van der Waals surface area contributed by atoms with E-state index < -0.39 is 120 Å². The molecule has 9 aromatic rings. The van der Waals surface area contributed by atoms with Crippen LogP contribution < -0.4 is 45.5 Å². The first-order chi connectivity index (χ1) is 60.2. The molecule has 12 aliphatic rings. The number of rotatable bonds is 12. The summed E-state index contributed by atoms with van der Waals surface area (Å²) in [5.74, 6) is -1.52. The van der Waals surface area contributed by atoms with E-state index in [0.29, 0.717) is 54.8 Å². The number of nitrogens with zero attached hydrogens (tertiary/aromatic N) is 9. The molecule has 37 heteroatoms. The number of methoxy groups -OCH3 is 3. The monoisotopic (exact) mass is 1750 g/mol. The van der Waals surface area contributed by atoms with Gasteiger partial charge >= 0.3 is 18.5 Å². The summed E-state index contributed by atoms with van der Waals surface area (Å²) in [6.45, 7) is 0.345. The molecule has 0 bridgehead atoms. The van der Waals surface area contributed by atoms with E-state index in [4.69, 9.17) is 47.4 Å². The zero-order chi connectivity index (χ0) is 85.6. The molecule has 0 radical (unpaired) electrons. The van der Waals surface area contributed by atoms with Crippen LogP contribution in [0.25, 0.3) is 0 Å². The van der Waals surface area contributed by atoms with Gasteiger partial charge < -0.3 is 76.3 Å². The third-order valence-corrected chi connectivity index (χ3v) is 27.5. The third-order valence-electron chi connectivity index (χ3n) is 24.1. The number of halogens is 3. The van der Waals surface area contributed by atoms with Crippen LogP contribution in [0.4, 0.5) is 27.6 Å². The maximum Gasteiger partial charge on any atom is 0.510 e. The Hall–Kier alpha value is -12.1. The van der Waals surface area contributed by atoms with Crippen LogP contribution in [-0.4, -0.2) is 195 Å². The third kappa shape index (κ3) is 14.4. The van der Waals surface area contributed by atoms with Crippen molar-refractivity contribution >= 4 is 71.5 Å². The topological polar surface area (TPSA) is 308 Å². The molecule has 31 nitrogen and oxygen atoms in total. The van der Waals surface area contributed by atoms with Crippen molar-refractivity contribution in [2.75, 3.05) is 109 Å². The second kappa shape index (κ2) is 32.8. The number of hydrogen-bond donors (Lipinski definition) is 0. The molecule has 10 aliphatic heterocycles. The lowest BCUT2D eigenvalue weighted by atomic mass is 9.92. The fourth-order valence-electron chi connectivity index (χ4n) is 18.0. The predicted molar refractivity (Wildman–Crippen MR) is 436 cm³/mol. The molecule has 2 aliphatic carbocycles. The molecule has 642 valence electrons. The molecule has 0 unspecified atom stereocenters. The van der Waals surface area contributed by atoms with Crippen molar-refractivity contribution in [1.82, 2.24) is 28.7 Å². The standard InChI is InChI=1S/C29H26FN3O8S.2C29H26FN3O7S/c1-37-28(36)40-16-39-26-21(34)9-10-32-25(26)27(35)31-13-29(14-38-15-29)41-11-23(31)33(32)24-17-6-4-7-20(30)19(17)12-42-22-8-3-2-5-18(22)24;1-37-28(36)39-16-38-26-21(34)9-12-32-25(26)27(35)31-15-29(10-11-29)40-13-23(31)33(32)24-17-6-4-7-20(30)19(17)14-41-22-8-3-2-5-18(22)24;1-37-28(36)40-16-39-26-21(34)8-11-31-25(26)27(35)32-23(13-38-15-29(32)9-10-29)33(31)24-19-7-6-18(30)12-17(19)14-41-22-5-3-2-4-20(22)24/h2-10,23-24H,11-16H2,1H3;2-9,12,23-24H,10-11,13-16H2,1H3;2-8,11-12,23-24H,9-10,13-16H2,1H3/t3*23-,24+/m111/s1. The first-order valence-corrected chi connectivity index (χ1v) is 42.7. The molecule has 6 aromatic carbocycles. The molecule has 0 N–H and O–H groups in total. The second-order valence-electron chi connectivity index (χ2n) is 31.2. The van der Waals surface area contributed by atoms with Gasteiger partial charge in [-0.2, -0.15) is 0 Å². The smallest absolute Gasteiger partial charge is 0.451 e. The van der Waals surface area contributed by atoms with E-state index in [1.807, 2.05) is 105 Å². The summed E-state index contributed by atoms with van der Waals surface area (Å²) in [5.41, 5.74) is 3.91. The quantitative estimate of drug-likeness (QED) is 0.0623. The Kier molecular flexibility index (Phi) is 21.6. The van der Waals surface area contributed by atoms with E-state index >= 15 is 8.78 Å². The summed E-state index contributed by atoms with van der Waals surface area (Å²) >= 11 is 4.72. The highest BCUT2D eigenvalue weighted by Crippen LogP contribution is 2.54. The van der Waals surface area contributed by atoms with E-state index in [2.05, 4.69) is 14.2 Å². The van der Waals surface area contributed by atoms with Crippen molar-refractivity contribution in [3.63, 3.8) is 0 Å². The predicted octanol–water partition coefficient (Wildman–Crippen LogP) is 10.6. The molecule has 6 fully saturated rings. The molecular formula is C87H78F3N9O22S3. The number of hydrogen-bond acceptors (Lipinski definition) is 28. The summed E-state index contributed by atoms with van der Waals surface area (Å²) in [6, 6.07) is 40.9. The highest BCUT2D eigenvalue weighted by atomic mass is 32.2. The van der Waals surface area contributed by atoms with Gasteiger partial charge in [0.1, 0.15) is 41.6 Å². The van der Waals surface area contributed by atoms with Crippen molar-refractivity contribution in [3.8, 4) is 17.2 Å². The van der Waals surface area contributed by atoms with Crippen molar-refractivity contribution < 1.29 is 104 Å². The molecule has 2 saturated carbocycles. The summed E-state index contributed by atoms with van der Waals surface area (Å²) in [6.07, 6.45) is 3.13. The molecule has 4 saturated heterocycles. The van der Waals surface area contributed by atoms with Crippen LogP contribution >= 0.6 is 35.3 Å². The SMILES string of the molecule is COC(=O)OCOc1c2n(ccc1=O)N([C@@H]1c3ccccc3SCc3c(F)cccc31)[C@@H]1COC3(CC3)CN1C2=O.COC(=O)OCOc1c2n(ccc1=O)N([C@@H]1c3ccccc3SCc3c(F)cccc31)[C@@H]1COC3(COC3)CN1C2=O.COC(=O)OCOc1c2n(ccc1=O)N([C@H]1c3ccc(F)cc3CSc3ccccc31)[C@@H]1COCC3(CC3)N1C2=O. The van der Waals surface area contributed by atoms with E-state index in [1.54, 1.807) is 89.6 Å². The van der Waals surface area contributed by atoms with Gasteiger partial charge in [-0.1, -0.05) is 84.9 Å². The number of benzene rings is 6. The minimum atomic E-state index is -1.00. The zero-order valence-corrected chi connectivity index (χ0v) is 69.1.